The molecule has 2 aromatic rings. The minimum Gasteiger partial charge on any atom is -0.504 e. The summed E-state index contributed by atoms with van der Waals surface area (Å²) < 4.78 is 4.99. The lowest BCUT2D eigenvalue weighted by atomic mass is 10.1. The molecule has 1 fully saturated rings. The number of ether oxygens (including phenoxy) is 1. The van der Waals surface area contributed by atoms with Crippen LogP contribution in [0.15, 0.2) is 47.4 Å². The first-order valence-corrected chi connectivity index (χ1v) is 8.55. The molecule has 0 saturated carbocycles. The van der Waals surface area contributed by atoms with Crippen LogP contribution in [0.5, 0.6) is 11.5 Å². The van der Waals surface area contributed by atoms with E-state index < -0.39 is 0 Å². The lowest BCUT2D eigenvalue weighted by Gasteiger charge is -2.13. The Morgan fingerprint density at radius 3 is 2.68 bits per heavy atom. The second-order valence-electron chi connectivity index (χ2n) is 5.29. The van der Waals surface area contributed by atoms with Gasteiger partial charge in [0.25, 0.3) is 11.1 Å². The van der Waals surface area contributed by atoms with Crippen LogP contribution in [0.25, 0.3) is 6.08 Å². The third-order valence-corrected chi connectivity index (χ3v) is 4.94. The highest BCUT2D eigenvalue weighted by Gasteiger charge is 2.35. The van der Waals surface area contributed by atoms with Crippen molar-refractivity contribution >= 4 is 40.6 Å². The number of thioether (sulfide) groups is 1. The molecule has 2 aromatic carbocycles. The summed E-state index contributed by atoms with van der Waals surface area (Å²) >= 11 is 6.96. The van der Waals surface area contributed by atoms with Gasteiger partial charge in [-0.1, -0.05) is 35.9 Å². The molecule has 0 spiro atoms. The molecule has 25 heavy (non-hydrogen) atoms. The molecule has 3 rings (SSSR count). The van der Waals surface area contributed by atoms with E-state index in [0.717, 1.165) is 16.7 Å². The van der Waals surface area contributed by atoms with E-state index in [4.69, 9.17) is 16.3 Å². The van der Waals surface area contributed by atoms with E-state index in [0.29, 0.717) is 26.8 Å². The fraction of sp³-hybridized carbons (Fsp3) is 0.111. The van der Waals surface area contributed by atoms with Gasteiger partial charge in [0.1, 0.15) is 0 Å². The minimum atomic E-state index is -0.384. The van der Waals surface area contributed by atoms with Crippen LogP contribution >= 0.6 is 23.4 Å². The van der Waals surface area contributed by atoms with Crippen molar-refractivity contribution in [3.63, 3.8) is 0 Å². The van der Waals surface area contributed by atoms with Crippen LogP contribution in [-0.2, 0) is 11.3 Å². The topological polar surface area (TPSA) is 66.8 Å². The van der Waals surface area contributed by atoms with Crippen LogP contribution < -0.4 is 4.74 Å². The number of halogens is 1. The van der Waals surface area contributed by atoms with Crippen molar-refractivity contribution in [3.05, 3.63) is 63.5 Å². The molecule has 1 heterocycles. The van der Waals surface area contributed by atoms with Gasteiger partial charge < -0.3 is 9.84 Å². The number of hydrogen-bond acceptors (Lipinski definition) is 5. The molecule has 5 nitrogen and oxygen atoms in total. The van der Waals surface area contributed by atoms with E-state index in [9.17, 15) is 14.7 Å². The Morgan fingerprint density at radius 2 is 2.00 bits per heavy atom. The molecule has 2 amide bonds. The smallest absolute Gasteiger partial charge is 0.293 e. The van der Waals surface area contributed by atoms with Crippen molar-refractivity contribution in [3.8, 4) is 11.5 Å². The number of carbonyl (C=O) groups is 2. The average molecular weight is 376 g/mol. The summed E-state index contributed by atoms with van der Waals surface area (Å²) in [4.78, 5) is 26.2. The number of phenols is 1. The standard InChI is InChI=1S/C18H14ClNO4S/c1-24-15-7-6-11(8-14(15)21)9-16-17(22)20(18(23)25-16)10-12-4-2-3-5-13(12)19/h2-9,21H,10H2,1H3. The maximum absolute atomic E-state index is 12.5. The highest BCUT2D eigenvalue weighted by molar-refractivity contribution is 8.18. The van der Waals surface area contributed by atoms with E-state index in [1.165, 1.54) is 13.2 Å². The van der Waals surface area contributed by atoms with E-state index in [1.54, 1.807) is 42.5 Å². The molecular formula is C18H14ClNO4S. The zero-order chi connectivity index (χ0) is 18.0. The molecule has 7 heteroatoms. The normalized spacial score (nSPS) is 15.9. The van der Waals surface area contributed by atoms with Crippen molar-refractivity contribution in [2.45, 2.75) is 6.54 Å². The van der Waals surface area contributed by atoms with Crippen molar-refractivity contribution in [2.24, 2.45) is 0 Å². The van der Waals surface area contributed by atoms with Crippen LogP contribution in [0.2, 0.25) is 5.02 Å². The SMILES string of the molecule is COc1ccc(C=C2SC(=O)N(Cc3ccccc3Cl)C2=O)cc1O. The fourth-order valence-corrected chi connectivity index (χ4v) is 3.42. The summed E-state index contributed by atoms with van der Waals surface area (Å²) in [5.74, 6) is -0.0826. The highest BCUT2D eigenvalue weighted by Crippen LogP contribution is 2.35. The summed E-state index contributed by atoms with van der Waals surface area (Å²) in [6.07, 6.45) is 1.57. The number of carbonyl (C=O) groups excluding carboxylic acids is 2. The van der Waals surface area contributed by atoms with Gasteiger partial charge in [0.2, 0.25) is 0 Å². The molecule has 1 saturated heterocycles. The fourth-order valence-electron chi connectivity index (χ4n) is 2.38. The van der Waals surface area contributed by atoms with Gasteiger partial charge in [-0.3, -0.25) is 14.5 Å². The molecule has 0 atom stereocenters. The highest BCUT2D eigenvalue weighted by atomic mass is 35.5. The van der Waals surface area contributed by atoms with Crippen LogP contribution in [0, 0.1) is 0 Å². The molecule has 1 aliphatic heterocycles. The van der Waals surface area contributed by atoms with Gasteiger partial charge in [-0.2, -0.15) is 0 Å². The molecule has 1 N–H and O–H groups in total. The second kappa shape index (κ2) is 7.21. The van der Waals surface area contributed by atoms with E-state index in [2.05, 4.69) is 0 Å². The first-order chi connectivity index (χ1) is 12.0. The maximum Gasteiger partial charge on any atom is 0.293 e. The first kappa shape index (κ1) is 17.4. The van der Waals surface area contributed by atoms with Crippen molar-refractivity contribution in [1.82, 2.24) is 4.90 Å². The monoisotopic (exact) mass is 375 g/mol. The zero-order valence-electron chi connectivity index (χ0n) is 13.2. The number of benzene rings is 2. The van der Waals surface area contributed by atoms with Crippen LogP contribution in [-0.4, -0.2) is 28.3 Å². The van der Waals surface area contributed by atoms with Gasteiger partial charge in [-0.05, 0) is 47.2 Å². The number of imide groups is 1. The van der Waals surface area contributed by atoms with Crippen molar-refractivity contribution in [1.29, 1.82) is 0 Å². The predicted octanol–water partition coefficient (Wildman–Crippen LogP) is 4.29. The second-order valence-corrected chi connectivity index (χ2v) is 6.69. The average Bonchev–Trinajstić information content (AvgIpc) is 2.84. The maximum atomic E-state index is 12.5. The Hall–Kier alpha value is -2.44. The van der Waals surface area contributed by atoms with Crippen molar-refractivity contribution in [2.75, 3.05) is 7.11 Å². The number of rotatable bonds is 4. The third-order valence-electron chi connectivity index (χ3n) is 3.66. The Kier molecular flexibility index (Phi) is 5.01. The minimum absolute atomic E-state index is 0.0356. The van der Waals surface area contributed by atoms with E-state index >= 15 is 0 Å². The molecule has 0 aromatic heterocycles. The predicted molar refractivity (Wildman–Crippen MR) is 97.6 cm³/mol. The van der Waals surface area contributed by atoms with Crippen LogP contribution in [0.1, 0.15) is 11.1 Å². The number of amides is 2. The van der Waals surface area contributed by atoms with Gasteiger partial charge >= 0.3 is 0 Å². The summed E-state index contributed by atoms with van der Waals surface area (Å²) in [7, 11) is 1.45. The molecular weight excluding hydrogens is 362 g/mol. The van der Waals surface area contributed by atoms with Crippen LogP contribution in [0.4, 0.5) is 4.79 Å². The van der Waals surface area contributed by atoms with Crippen molar-refractivity contribution < 1.29 is 19.4 Å². The summed E-state index contributed by atoms with van der Waals surface area (Å²) in [5, 5.41) is 9.97. The number of aromatic hydroxyl groups is 1. The van der Waals surface area contributed by atoms with E-state index in [1.807, 2.05) is 0 Å². The molecule has 0 radical (unpaired) electrons. The lowest BCUT2D eigenvalue weighted by Crippen LogP contribution is -2.27. The molecule has 0 aliphatic carbocycles. The Morgan fingerprint density at radius 1 is 1.24 bits per heavy atom. The molecule has 1 aliphatic rings. The van der Waals surface area contributed by atoms with Gasteiger partial charge in [0.05, 0.1) is 18.6 Å². The molecule has 0 unspecified atom stereocenters. The van der Waals surface area contributed by atoms with Gasteiger partial charge in [0.15, 0.2) is 11.5 Å². The number of methoxy groups -OCH3 is 1. The summed E-state index contributed by atoms with van der Waals surface area (Å²) in [6, 6.07) is 11.8. The first-order valence-electron chi connectivity index (χ1n) is 7.35. The lowest BCUT2D eigenvalue weighted by molar-refractivity contribution is -0.123. The summed E-state index contributed by atoms with van der Waals surface area (Å²) in [6.45, 7) is 0.121. The zero-order valence-corrected chi connectivity index (χ0v) is 14.8. The van der Waals surface area contributed by atoms with Crippen LogP contribution in [0.3, 0.4) is 0 Å². The Balaban J connectivity index is 1.83. The third kappa shape index (κ3) is 3.65. The largest absolute Gasteiger partial charge is 0.504 e. The number of nitrogens with zero attached hydrogens (tertiary/aromatic N) is 1. The Labute approximate surface area is 153 Å². The number of phenolic OH excluding ortho intramolecular Hbond substituents is 1. The van der Waals surface area contributed by atoms with Gasteiger partial charge in [-0.25, -0.2) is 0 Å². The van der Waals surface area contributed by atoms with Gasteiger partial charge in [-0.15, -0.1) is 0 Å². The van der Waals surface area contributed by atoms with E-state index in [-0.39, 0.29) is 23.4 Å². The number of hydrogen-bond donors (Lipinski definition) is 1. The molecule has 0 bridgehead atoms. The summed E-state index contributed by atoms with van der Waals surface area (Å²) in [5.41, 5.74) is 1.30. The molecule has 128 valence electrons. The van der Waals surface area contributed by atoms with Gasteiger partial charge in [0, 0.05) is 5.02 Å². The quantitative estimate of drug-likeness (QED) is 0.807. The Bertz CT molecular complexity index is 881.